The van der Waals surface area contributed by atoms with Crippen molar-refractivity contribution in [1.82, 2.24) is 19.9 Å². The molecular formula is C20H34N4O4. The number of piperazine rings is 1. The maximum Gasteiger partial charge on any atom is 0.251 e. The van der Waals surface area contributed by atoms with Crippen molar-refractivity contribution >= 4 is 5.91 Å². The lowest BCUT2D eigenvalue weighted by Crippen LogP contribution is -2.51. The van der Waals surface area contributed by atoms with Gasteiger partial charge in [-0.2, -0.15) is 4.98 Å². The zero-order chi connectivity index (χ0) is 20.1. The minimum absolute atomic E-state index is 0.0602. The molecule has 0 unspecified atom stereocenters. The Morgan fingerprint density at radius 3 is 2.61 bits per heavy atom. The Bertz CT molecular complexity index is 628. The molecule has 0 spiro atoms. The summed E-state index contributed by atoms with van der Waals surface area (Å²) in [7, 11) is 0. The quantitative estimate of drug-likeness (QED) is 0.730. The van der Waals surface area contributed by atoms with Crippen LogP contribution in [0.1, 0.15) is 58.7 Å². The first-order chi connectivity index (χ1) is 13.3. The van der Waals surface area contributed by atoms with E-state index in [1.807, 2.05) is 11.8 Å². The SMILES string of the molecule is C[C@@H](OC[C@@H]1CCCCO1)C(=O)N1CCN(Cc2noc(C(C)(C)C)n2)CC1. The second-order valence-electron chi connectivity index (χ2n) is 8.83. The second-order valence-corrected chi connectivity index (χ2v) is 8.83. The predicted molar refractivity (Wildman–Crippen MR) is 104 cm³/mol. The molecule has 158 valence electrons. The van der Waals surface area contributed by atoms with Gasteiger partial charge in [0, 0.05) is 38.2 Å². The van der Waals surface area contributed by atoms with Crippen LogP contribution >= 0.6 is 0 Å². The number of hydrogen-bond donors (Lipinski definition) is 0. The number of aromatic nitrogens is 2. The normalized spacial score (nSPS) is 23.0. The Kier molecular flexibility index (Phi) is 7.06. The third-order valence-electron chi connectivity index (χ3n) is 5.31. The van der Waals surface area contributed by atoms with E-state index >= 15 is 0 Å². The molecule has 8 heteroatoms. The number of amides is 1. The molecule has 2 atom stereocenters. The van der Waals surface area contributed by atoms with E-state index in [0.29, 0.717) is 38.0 Å². The van der Waals surface area contributed by atoms with E-state index in [4.69, 9.17) is 14.0 Å². The lowest BCUT2D eigenvalue weighted by molar-refractivity contribution is -0.147. The molecule has 2 aliphatic heterocycles. The number of nitrogens with zero attached hydrogens (tertiary/aromatic N) is 4. The number of carbonyl (C=O) groups excluding carboxylic acids is 1. The summed E-state index contributed by atoms with van der Waals surface area (Å²) in [4.78, 5) is 21.3. The fraction of sp³-hybridized carbons (Fsp3) is 0.850. The molecule has 8 nitrogen and oxygen atoms in total. The molecule has 0 aromatic carbocycles. The summed E-state index contributed by atoms with van der Waals surface area (Å²) in [6.45, 7) is 12.9. The van der Waals surface area contributed by atoms with Crippen molar-refractivity contribution in [3.8, 4) is 0 Å². The Hall–Kier alpha value is -1.51. The van der Waals surface area contributed by atoms with Crippen LogP contribution in [0.25, 0.3) is 0 Å². The highest BCUT2D eigenvalue weighted by Gasteiger charge is 2.28. The van der Waals surface area contributed by atoms with Crippen LogP contribution in [-0.4, -0.2) is 77.4 Å². The average Bonchev–Trinajstić information content (AvgIpc) is 3.16. The van der Waals surface area contributed by atoms with E-state index in [9.17, 15) is 4.79 Å². The Balaban J connectivity index is 1.40. The highest BCUT2D eigenvalue weighted by atomic mass is 16.5. The van der Waals surface area contributed by atoms with Crippen LogP contribution in [0, 0.1) is 0 Å². The standard InChI is InChI=1S/C20H34N4O4/c1-15(27-14-16-7-5-6-12-26-16)18(25)24-10-8-23(9-11-24)13-17-21-19(28-22-17)20(2,3)4/h15-16H,5-14H2,1-4H3/t15-,16+/m1/s1. The van der Waals surface area contributed by atoms with Crippen LogP contribution in [0.2, 0.25) is 0 Å². The number of carbonyl (C=O) groups is 1. The molecule has 3 heterocycles. The fourth-order valence-electron chi connectivity index (χ4n) is 3.47. The minimum Gasteiger partial charge on any atom is -0.376 e. The molecule has 3 rings (SSSR count). The zero-order valence-electron chi connectivity index (χ0n) is 17.6. The molecule has 28 heavy (non-hydrogen) atoms. The number of hydrogen-bond acceptors (Lipinski definition) is 7. The van der Waals surface area contributed by atoms with Gasteiger partial charge in [-0.1, -0.05) is 25.9 Å². The molecule has 2 saturated heterocycles. The van der Waals surface area contributed by atoms with Crippen molar-refractivity contribution < 1.29 is 18.8 Å². The minimum atomic E-state index is -0.427. The van der Waals surface area contributed by atoms with Crippen molar-refractivity contribution in [2.75, 3.05) is 39.4 Å². The van der Waals surface area contributed by atoms with Gasteiger partial charge in [-0.15, -0.1) is 0 Å². The molecular weight excluding hydrogens is 360 g/mol. The monoisotopic (exact) mass is 394 g/mol. The van der Waals surface area contributed by atoms with Crippen LogP contribution in [0.3, 0.4) is 0 Å². The smallest absolute Gasteiger partial charge is 0.251 e. The van der Waals surface area contributed by atoms with Gasteiger partial charge in [-0.3, -0.25) is 9.69 Å². The first-order valence-electron chi connectivity index (χ1n) is 10.4. The fourth-order valence-corrected chi connectivity index (χ4v) is 3.47. The van der Waals surface area contributed by atoms with Crippen LogP contribution < -0.4 is 0 Å². The van der Waals surface area contributed by atoms with E-state index in [0.717, 1.165) is 32.5 Å². The summed E-state index contributed by atoms with van der Waals surface area (Å²) >= 11 is 0. The van der Waals surface area contributed by atoms with E-state index < -0.39 is 6.10 Å². The number of ether oxygens (including phenoxy) is 2. The third kappa shape index (κ3) is 5.75. The van der Waals surface area contributed by atoms with Crippen LogP contribution in [0.15, 0.2) is 4.52 Å². The Labute approximate surface area is 167 Å². The Morgan fingerprint density at radius 1 is 1.25 bits per heavy atom. The van der Waals surface area contributed by atoms with Crippen molar-refractivity contribution in [3.63, 3.8) is 0 Å². The molecule has 2 aliphatic rings. The molecule has 0 radical (unpaired) electrons. The molecule has 1 amide bonds. The van der Waals surface area contributed by atoms with Gasteiger partial charge < -0.3 is 18.9 Å². The van der Waals surface area contributed by atoms with Gasteiger partial charge in [-0.05, 0) is 26.2 Å². The molecule has 0 saturated carbocycles. The maximum absolute atomic E-state index is 12.7. The first kappa shape index (κ1) is 21.2. The van der Waals surface area contributed by atoms with Crippen molar-refractivity contribution in [2.24, 2.45) is 0 Å². The number of rotatable bonds is 6. The van der Waals surface area contributed by atoms with Gasteiger partial charge in [0.2, 0.25) is 5.89 Å². The summed E-state index contributed by atoms with van der Waals surface area (Å²) in [6, 6.07) is 0. The molecule has 1 aromatic heterocycles. The zero-order valence-corrected chi connectivity index (χ0v) is 17.6. The summed E-state index contributed by atoms with van der Waals surface area (Å²) in [5, 5.41) is 4.09. The average molecular weight is 395 g/mol. The van der Waals surface area contributed by atoms with E-state index in [1.54, 1.807) is 0 Å². The second kappa shape index (κ2) is 9.33. The predicted octanol–water partition coefficient (Wildman–Crippen LogP) is 1.99. The van der Waals surface area contributed by atoms with E-state index in [-0.39, 0.29) is 17.4 Å². The maximum atomic E-state index is 12.7. The van der Waals surface area contributed by atoms with Gasteiger partial charge in [-0.25, -0.2) is 0 Å². The summed E-state index contributed by atoms with van der Waals surface area (Å²) in [6.07, 6.45) is 3.02. The summed E-state index contributed by atoms with van der Waals surface area (Å²) in [5.41, 5.74) is -0.144. The largest absolute Gasteiger partial charge is 0.376 e. The topological polar surface area (TPSA) is 80.9 Å². The van der Waals surface area contributed by atoms with Crippen LogP contribution in [0.4, 0.5) is 0 Å². The van der Waals surface area contributed by atoms with E-state index in [2.05, 4.69) is 35.8 Å². The first-order valence-corrected chi connectivity index (χ1v) is 10.4. The summed E-state index contributed by atoms with van der Waals surface area (Å²) in [5.74, 6) is 1.42. The van der Waals surface area contributed by atoms with Gasteiger partial charge in [0.15, 0.2) is 5.82 Å². The molecule has 0 N–H and O–H groups in total. The highest BCUT2D eigenvalue weighted by Crippen LogP contribution is 2.20. The molecule has 0 bridgehead atoms. The van der Waals surface area contributed by atoms with Gasteiger partial charge in [0.1, 0.15) is 6.10 Å². The van der Waals surface area contributed by atoms with Crippen molar-refractivity contribution in [1.29, 1.82) is 0 Å². The highest BCUT2D eigenvalue weighted by molar-refractivity contribution is 5.80. The molecule has 1 aromatic rings. The molecule has 0 aliphatic carbocycles. The van der Waals surface area contributed by atoms with Crippen LogP contribution in [0.5, 0.6) is 0 Å². The van der Waals surface area contributed by atoms with Gasteiger partial charge >= 0.3 is 0 Å². The Morgan fingerprint density at radius 2 is 2.00 bits per heavy atom. The van der Waals surface area contributed by atoms with Gasteiger partial charge in [0.05, 0.1) is 19.3 Å². The van der Waals surface area contributed by atoms with Gasteiger partial charge in [0.25, 0.3) is 5.91 Å². The van der Waals surface area contributed by atoms with E-state index in [1.165, 1.54) is 6.42 Å². The third-order valence-corrected chi connectivity index (χ3v) is 5.31. The summed E-state index contributed by atoms with van der Waals surface area (Å²) < 4.78 is 16.8. The van der Waals surface area contributed by atoms with Crippen LogP contribution in [-0.2, 0) is 26.2 Å². The lowest BCUT2D eigenvalue weighted by atomic mass is 9.97. The van der Waals surface area contributed by atoms with Crippen molar-refractivity contribution in [3.05, 3.63) is 11.7 Å². The lowest BCUT2D eigenvalue weighted by Gasteiger charge is -2.35. The van der Waals surface area contributed by atoms with Crippen molar-refractivity contribution in [2.45, 2.75) is 71.1 Å². The molecule has 2 fully saturated rings.